The van der Waals surface area contributed by atoms with Crippen molar-refractivity contribution in [3.8, 4) is 0 Å². The van der Waals surface area contributed by atoms with Crippen LogP contribution in [0.15, 0.2) is 35.9 Å². The van der Waals surface area contributed by atoms with Crippen molar-refractivity contribution in [2.45, 2.75) is 26.7 Å². The molecule has 0 aromatic heterocycles. The summed E-state index contributed by atoms with van der Waals surface area (Å²) in [5, 5.41) is 0.879. The Bertz CT molecular complexity index is 296. The first-order chi connectivity index (χ1) is 6.20. The summed E-state index contributed by atoms with van der Waals surface area (Å²) in [5.41, 5.74) is 2.61. The van der Waals surface area contributed by atoms with Gasteiger partial charge in [-0.15, -0.1) is 0 Å². The van der Waals surface area contributed by atoms with E-state index in [1.807, 2.05) is 18.2 Å². The molecule has 13 heavy (non-hydrogen) atoms. The number of hydrogen-bond donors (Lipinski definition) is 0. The summed E-state index contributed by atoms with van der Waals surface area (Å²) in [6.45, 7) is 4.24. The first kappa shape index (κ1) is 10.3. The van der Waals surface area contributed by atoms with E-state index in [2.05, 4.69) is 26.0 Å². The normalized spacial score (nSPS) is 9.77. The molecule has 1 rings (SSSR count). The van der Waals surface area contributed by atoms with Crippen molar-refractivity contribution < 1.29 is 0 Å². The van der Waals surface area contributed by atoms with Crippen molar-refractivity contribution in [1.82, 2.24) is 0 Å². The molecule has 0 saturated carbocycles. The van der Waals surface area contributed by atoms with Gasteiger partial charge in [0.25, 0.3) is 0 Å². The van der Waals surface area contributed by atoms with Crippen LogP contribution >= 0.6 is 11.6 Å². The van der Waals surface area contributed by atoms with Crippen molar-refractivity contribution in [2.75, 3.05) is 0 Å². The van der Waals surface area contributed by atoms with Gasteiger partial charge in [-0.2, -0.15) is 0 Å². The van der Waals surface area contributed by atoms with Crippen LogP contribution in [-0.2, 0) is 6.42 Å². The molecule has 0 aliphatic heterocycles. The molecule has 70 valence electrons. The second kappa shape index (κ2) is 5.08. The van der Waals surface area contributed by atoms with Gasteiger partial charge in [-0.25, -0.2) is 0 Å². The number of halogens is 1. The monoisotopic (exact) mass is 194 g/mol. The average molecular weight is 195 g/mol. The molecule has 1 aromatic rings. The van der Waals surface area contributed by atoms with Crippen LogP contribution in [-0.4, -0.2) is 0 Å². The van der Waals surface area contributed by atoms with Crippen molar-refractivity contribution in [3.05, 3.63) is 46.5 Å². The van der Waals surface area contributed by atoms with E-state index in [4.69, 9.17) is 11.6 Å². The van der Waals surface area contributed by atoms with Crippen molar-refractivity contribution in [2.24, 2.45) is 0 Å². The lowest BCUT2D eigenvalue weighted by atomic mass is 10.1. The lowest BCUT2D eigenvalue weighted by molar-refractivity contribution is 0.989. The molecular weight excluding hydrogens is 180 g/mol. The molecule has 0 radical (unpaired) electrons. The zero-order valence-corrected chi connectivity index (χ0v) is 8.93. The molecular formula is C12H15Cl. The summed E-state index contributed by atoms with van der Waals surface area (Å²) in [6.07, 6.45) is 4.35. The number of aryl methyl sites for hydroxylation is 1. The highest BCUT2D eigenvalue weighted by Crippen LogP contribution is 2.16. The Hall–Kier alpha value is -0.750. The van der Waals surface area contributed by atoms with Gasteiger partial charge in [-0.3, -0.25) is 0 Å². The summed E-state index contributed by atoms with van der Waals surface area (Å²) in [7, 11) is 0. The molecule has 0 atom stereocenters. The smallest absolute Gasteiger partial charge is 0.0438 e. The maximum absolute atomic E-state index is 6.02. The third-order valence-electron chi connectivity index (χ3n) is 1.92. The topological polar surface area (TPSA) is 0 Å². The van der Waals surface area contributed by atoms with Gasteiger partial charge in [0.05, 0.1) is 0 Å². The van der Waals surface area contributed by atoms with Gasteiger partial charge in [0, 0.05) is 5.02 Å². The average Bonchev–Trinajstić information content (AvgIpc) is 2.08. The minimum atomic E-state index is 0.879. The van der Waals surface area contributed by atoms with E-state index in [1.165, 1.54) is 11.1 Å². The second-order valence-electron chi connectivity index (χ2n) is 3.41. The highest BCUT2D eigenvalue weighted by atomic mass is 35.5. The van der Waals surface area contributed by atoms with Crippen molar-refractivity contribution >= 4 is 11.6 Å². The van der Waals surface area contributed by atoms with Crippen LogP contribution in [0.3, 0.4) is 0 Å². The predicted molar refractivity (Wildman–Crippen MR) is 59.2 cm³/mol. The highest BCUT2D eigenvalue weighted by Gasteiger charge is 1.96. The molecule has 0 saturated heterocycles. The highest BCUT2D eigenvalue weighted by molar-refractivity contribution is 6.31. The zero-order valence-electron chi connectivity index (χ0n) is 8.18. The predicted octanol–water partition coefficient (Wildman–Crippen LogP) is 4.24. The quantitative estimate of drug-likeness (QED) is 0.632. The molecule has 0 heterocycles. The van der Waals surface area contributed by atoms with E-state index < -0.39 is 0 Å². The molecule has 0 aliphatic rings. The Kier molecular flexibility index (Phi) is 4.04. The van der Waals surface area contributed by atoms with Crippen LogP contribution in [0.5, 0.6) is 0 Å². The molecule has 1 aromatic carbocycles. The fourth-order valence-corrected chi connectivity index (χ4v) is 1.45. The second-order valence-corrected chi connectivity index (χ2v) is 3.82. The summed E-state index contributed by atoms with van der Waals surface area (Å²) in [5.74, 6) is 0. The van der Waals surface area contributed by atoms with Crippen LogP contribution in [0, 0.1) is 0 Å². The van der Waals surface area contributed by atoms with Crippen molar-refractivity contribution in [1.29, 1.82) is 0 Å². The lowest BCUT2D eigenvalue weighted by Crippen LogP contribution is -1.84. The van der Waals surface area contributed by atoms with E-state index in [-0.39, 0.29) is 0 Å². The van der Waals surface area contributed by atoms with Crippen LogP contribution in [0.2, 0.25) is 5.02 Å². The number of benzene rings is 1. The van der Waals surface area contributed by atoms with E-state index >= 15 is 0 Å². The number of hydrogen-bond acceptors (Lipinski definition) is 0. The Labute approximate surface area is 85.2 Å². The Morgan fingerprint density at radius 3 is 2.62 bits per heavy atom. The maximum Gasteiger partial charge on any atom is 0.0438 e. The standard InChI is InChI=1S/C12H15Cl/c1-10(2)6-5-8-11-7-3-4-9-12(11)13/h3-4,6-7,9H,5,8H2,1-2H3. The van der Waals surface area contributed by atoms with E-state index in [1.54, 1.807) is 0 Å². The van der Waals surface area contributed by atoms with E-state index in [0.717, 1.165) is 17.9 Å². The molecule has 0 nitrogen and oxygen atoms in total. The van der Waals surface area contributed by atoms with Crippen molar-refractivity contribution in [3.63, 3.8) is 0 Å². The molecule has 0 bridgehead atoms. The third kappa shape index (κ3) is 3.65. The molecule has 0 unspecified atom stereocenters. The Balaban J connectivity index is 2.55. The number of rotatable bonds is 3. The summed E-state index contributed by atoms with van der Waals surface area (Å²) in [6, 6.07) is 8.02. The summed E-state index contributed by atoms with van der Waals surface area (Å²) in [4.78, 5) is 0. The van der Waals surface area contributed by atoms with Crippen LogP contribution in [0.4, 0.5) is 0 Å². The molecule has 0 fully saturated rings. The molecule has 0 N–H and O–H groups in total. The zero-order chi connectivity index (χ0) is 9.68. The largest absolute Gasteiger partial charge is 0.0856 e. The SMILES string of the molecule is CC(C)=CCCc1ccccc1Cl. The fraction of sp³-hybridized carbons (Fsp3) is 0.333. The lowest BCUT2D eigenvalue weighted by Gasteiger charge is -2.00. The van der Waals surface area contributed by atoms with Crippen LogP contribution < -0.4 is 0 Å². The summed E-state index contributed by atoms with van der Waals surface area (Å²) < 4.78 is 0. The third-order valence-corrected chi connectivity index (χ3v) is 2.29. The minimum Gasteiger partial charge on any atom is -0.0856 e. The fourth-order valence-electron chi connectivity index (χ4n) is 1.22. The van der Waals surface area contributed by atoms with Gasteiger partial charge in [-0.05, 0) is 38.3 Å². The molecule has 1 heteroatoms. The van der Waals surface area contributed by atoms with E-state index in [0.29, 0.717) is 0 Å². The van der Waals surface area contributed by atoms with Gasteiger partial charge < -0.3 is 0 Å². The van der Waals surface area contributed by atoms with E-state index in [9.17, 15) is 0 Å². The molecule has 0 aliphatic carbocycles. The number of allylic oxidation sites excluding steroid dienone is 2. The first-order valence-electron chi connectivity index (χ1n) is 4.57. The maximum atomic E-state index is 6.02. The van der Waals surface area contributed by atoms with Gasteiger partial charge in [-0.1, -0.05) is 41.4 Å². The molecule has 0 amide bonds. The minimum absolute atomic E-state index is 0.879. The van der Waals surface area contributed by atoms with Gasteiger partial charge in [0.2, 0.25) is 0 Å². The Morgan fingerprint density at radius 2 is 2.00 bits per heavy atom. The molecule has 0 spiro atoms. The van der Waals surface area contributed by atoms with Gasteiger partial charge in [0.1, 0.15) is 0 Å². The van der Waals surface area contributed by atoms with Crippen LogP contribution in [0.1, 0.15) is 25.8 Å². The van der Waals surface area contributed by atoms with Crippen LogP contribution in [0.25, 0.3) is 0 Å². The summed E-state index contributed by atoms with van der Waals surface area (Å²) >= 11 is 6.02. The van der Waals surface area contributed by atoms with Gasteiger partial charge in [0.15, 0.2) is 0 Å². The first-order valence-corrected chi connectivity index (χ1v) is 4.94. The van der Waals surface area contributed by atoms with Gasteiger partial charge >= 0.3 is 0 Å². The Morgan fingerprint density at radius 1 is 1.31 bits per heavy atom.